The Bertz CT molecular complexity index is 204. The van der Waals surface area contributed by atoms with Gasteiger partial charge in [0.25, 0.3) is 0 Å². The number of nitrogens with zero attached hydrogens (tertiary/aromatic N) is 2. The second-order valence-corrected chi connectivity index (χ2v) is 5.37. The van der Waals surface area contributed by atoms with Crippen molar-refractivity contribution in [3.05, 3.63) is 0 Å². The first-order valence-corrected chi connectivity index (χ1v) is 6.92. The molecule has 16 heavy (non-hydrogen) atoms. The summed E-state index contributed by atoms with van der Waals surface area (Å²) in [7, 11) is 0. The van der Waals surface area contributed by atoms with Crippen molar-refractivity contribution in [3.8, 4) is 0 Å². The Kier molecular flexibility index (Phi) is 4.62. The van der Waals surface area contributed by atoms with Crippen LogP contribution in [0.3, 0.4) is 0 Å². The Morgan fingerprint density at radius 1 is 1.06 bits per heavy atom. The molecule has 0 spiro atoms. The van der Waals surface area contributed by atoms with E-state index in [0.717, 1.165) is 25.9 Å². The average Bonchev–Trinajstić information content (AvgIpc) is 2.81. The van der Waals surface area contributed by atoms with Crippen LogP contribution in [-0.4, -0.2) is 60.3 Å². The number of likely N-dealkylation sites (tertiary alicyclic amines) is 2. The number of hydrogen-bond acceptors (Lipinski definition) is 3. The first kappa shape index (κ1) is 12.3. The molecule has 2 rings (SSSR count). The van der Waals surface area contributed by atoms with E-state index in [-0.39, 0.29) is 6.10 Å². The highest BCUT2D eigenvalue weighted by Crippen LogP contribution is 2.20. The van der Waals surface area contributed by atoms with E-state index in [1.165, 1.54) is 39.0 Å². The SMILES string of the molecule is CCC1CN(CCN2CCCC2)CCC1O. The summed E-state index contributed by atoms with van der Waals surface area (Å²) in [5.74, 6) is 0.507. The van der Waals surface area contributed by atoms with Gasteiger partial charge in [-0.2, -0.15) is 0 Å². The fourth-order valence-corrected chi connectivity index (χ4v) is 2.99. The molecule has 3 heteroatoms. The largest absolute Gasteiger partial charge is 0.393 e. The van der Waals surface area contributed by atoms with Crippen LogP contribution in [-0.2, 0) is 0 Å². The number of rotatable bonds is 4. The topological polar surface area (TPSA) is 26.7 Å². The van der Waals surface area contributed by atoms with Gasteiger partial charge in [-0.25, -0.2) is 0 Å². The average molecular weight is 226 g/mol. The van der Waals surface area contributed by atoms with Gasteiger partial charge in [-0.3, -0.25) is 0 Å². The molecule has 0 saturated carbocycles. The van der Waals surface area contributed by atoms with E-state index < -0.39 is 0 Å². The zero-order valence-electron chi connectivity index (χ0n) is 10.6. The van der Waals surface area contributed by atoms with E-state index in [1.54, 1.807) is 0 Å². The van der Waals surface area contributed by atoms with Crippen LogP contribution in [0, 0.1) is 5.92 Å². The monoisotopic (exact) mass is 226 g/mol. The Labute approximate surface area is 99.4 Å². The molecule has 0 aromatic carbocycles. The van der Waals surface area contributed by atoms with E-state index in [2.05, 4.69) is 16.7 Å². The Morgan fingerprint density at radius 2 is 1.75 bits per heavy atom. The van der Waals surface area contributed by atoms with Crippen molar-refractivity contribution in [2.75, 3.05) is 39.3 Å². The van der Waals surface area contributed by atoms with Crippen LogP contribution in [0.4, 0.5) is 0 Å². The summed E-state index contributed by atoms with van der Waals surface area (Å²) >= 11 is 0. The molecule has 2 saturated heterocycles. The van der Waals surface area contributed by atoms with Gasteiger partial charge in [0.15, 0.2) is 0 Å². The predicted octanol–water partition coefficient (Wildman–Crippen LogP) is 1.18. The third kappa shape index (κ3) is 3.19. The molecule has 2 heterocycles. The molecule has 0 bridgehead atoms. The molecule has 0 aliphatic carbocycles. The maximum atomic E-state index is 9.83. The molecule has 94 valence electrons. The molecule has 3 nitrogen and oxygen atoms in total. The van der Waals surface area contributed by atoms with Crippen molar-refractivity contribution in [2.24, 2.45) is 5.92 Å². The van der Waals surface area contributed by atoms with Crippen LogP contribution >= 0.6 is 0 Å². The lowest BCUT2D eigenvalue weighted by molar-refractivity contribution is 0.0226. The zero-order valence-corrected chi connectivity index (χ0v) is 10.6. The van der Waals surface area contributed by atoms with Gasteiger partial charge in [0, 0.05) is 26.2 Å². The second kappa shape index (κ2) is 5.99. The summed E-state index contributed by atoms with van der Waals surface area (Å²) < 4.78 is 0. The minimum absolute atomic E-state index is 0.0481. The predicted molar refractivity (Wildman–Crippen MR) is 66.5 cm³/mol. The fourth-order valence-electron chi connectivity index (χ4n) is 2.99. The third-order valence-corrected chi connectivity index (χ3v) is 4.23. The molecule has 2 aliphatic rings. The van der Waals surface area contributed by atoms with Gasteiger partial charge in [0.1, 0.15) is 0 Å². The summed E-state index contributed by atoms with van der Waals surface area (Å²) in [6, 6.07) is 0. The molecule has 1 N–H and O–H groups in total. The van der Waals surface area contributed by atoms with Crippen LogP contribution in [0.1, 0.15) is 32.6 Å². The molecule has 2 atom stereocenters. The molecule has 2 aliphatic heterocycles. The Morgan fingerprint density at radius 3 is 2.44 bits per heavy atom. The van der Waals surface area contributed by atoms with E-state index in [0.29, 0.717) is 5.92 Å². The summed E-state index contributed by atoms with van der Waals surface area (Å²) in [5, 5.41) is 9.83. The van der Waals surface area contributed by atoms with Crippen molar-refractivity contribution >= 4 is 0 Å². The van der Waals surface area contributed by atoms with Crippen molar-refractivity contribution in [1.29, 1.82) is 0 Å². The van der Waals surface area contributed by atoms with Crippen molar-refractivity contribution in [2.45, 2.75) is 38.7 Å². The van der Waals surface area contributed by atoms with Crippen LogP contribution < -0.4 is 0 Å². The van der Waals surface area contributed by atoms with Gasteiger partial charge in [0.2, 0.25) is 0 Å². The van der Waals surface area contributed by atoms with Crippen LogP contribution in [0.5, 0.6) is 0 Å². The standard InChI is InChI=1S/C13H26N2O/c1-2-12-11-15(8-5-13(12)16)10-9-14-6-3-4-7-14/h12-13,16H,2-11H2,1H3. The molecule has 0 amide bonds. The number of aliphatic hydroxyl groups excluding tert-OH is 1. The lowest BCUT2D eigenvalue weighted by atomic mass is 9.92. The van der Waals surface area contributed by atoms with E-state index in [4.69, 9.17) is 0 Å². The van der Waals surface area contributed by atoms with E-state index in [9.17, 15) is 5.11 Å². The van der Waals surface area contributed by atoms with Crippen LogP contribution in [0.15, 0.2) is 0 Å². The van der Waals surface area contributed by atoms with E-state index >= 15 is 0 Å². The quantitative estimate of drug-likeness (QED) is 0.779. The second-order valence-electron chi connectivity index (χ2n) is 5.37. The van der Waals surface area contributed by atoms with Gasteiger partial charge in [0.05, 0.1) is 6.10 Å². The molecule has 0 radical (unpaired) electrons. The highest BCUT2D eigenvalue weighted by atomic mass is 16.3. The van der Waals surface area contributed by atoms with Crippen LogP contribution in [0.25, 0.3) is 0 Å². The number of hydrogen-bond donors (Lipinski definition) is 1. The van der Waals surface area contributed by atoms with Gasteiger partial charge in [-0.05, 0) is 44.7 Å². The molecular weight excluding hydrogens is 200 g/mol. The smallest absolute Gasteiger partial charge is 0.0592 e. The highest BCUT2D eigenvalue weighted by Gasteiger charge is 2.26. The minimum Gasteiger partial charge on any atom is -0.393 e. The number of piperidine rings is 1. The Hall–Kier alpha value is -0.120. The van der Waals surface area contributed by atoms with Crippen molar-refractivity contribution in [3.63, 3.8) is 0 Å². The van der Waals surface area contributed by atoms with E-state index in [1.807, 2.05) is 0 Å². The van der Waals surface area contributed by atoms with Gasteiger partial charge < -0.3 is 14.9 Å². The Balaban J connectivity index is 1.69. The maximum absolute atomic E-state index is 9.83. The first-order valence-electron chi connectivity index (χ1n) is 6.92. The summed E-state index contributed by atoms with van der Waals surface area (Å²) in [5.41, 5.74) is 0. The lowest BCUT2D eigenvalue weighted by Crippen LogP contribution is -2.45. The highest BCUT2D eigenvalue weighted by molar-refractivity contribution is 4.80. The molecule has 2 fully saturated rings. The van der Waals surface area contributed by atoms with Gasteiger partial charge in [-0.15, -0.1) is 0 Å². The molecule has 2 unspecified atom stereocenters. The van der Waals surface area contributed by atoms with Gasteiger partial charge in [-0.1, -0.05) is 6.92 Å². The maximum Gasteiger partial charge on any atom is 0.0592 e. The number of aliphatic hydroxyl groups is 1. The minimum atomic E-state index is -0.0481. The van der Waals surface area contributed by atoms with Crippen molar-refractivity contribution in [1.82, 2.24) is 9.80 Å². The van der Waals surface area contributed by atoms with Crippen LogP contribution in [0.2, 0.25) is 0 Å². The lowest BCUT2D eigenvalue weighted by Gasteiger charge is -2.36. The van der Waals surface area contributed by atoms with Crippen molar-refractivity contribution < 1.29 is 5.11 Å². The molecule has 0 aromatic rings. The molecule has 0 aromatic heterocycles. The molecular formula is C13H26N2O. The zero-order chi connectivity index (χ0) is 11.4. The summed E-state index contributed by atoms with van der Waals surface area (Å²) in [4.78, 5) is 5.12. The summed E-state index contributed by atoms with van der Waals surface area (Å²) in [6.45, 7) is 9.41. The fraction of sp³-hybridized carbons (Fsp3) is 1.00. The summed E-state index contributed by atoms with van der Waals surface area (Å²) in [6.07, 6.45) is 4.81. The van der Waals surface area contributed by atoms with Gasteiger partial charge >= 0.3 is 0 Å². The third-order valence-electron chi connectivity index (χ3n) is 4.23. The normalized spacial score (nSPS) is 33.4. The first-order chi connectivity index (χ1) is 7.79.